The molecule has 14 heavy (non-hydrogen) atoms. The predicted octanol–water partition coefficient (Wildman–Crippen LogP) is 0.986. The molecule has 3 atom stereocenters. The van der Waals surface area contributed by atoms with Gasteiger partial charge < -0.3 is 15.8 Å². The minimum atomic E-state index is 0.581. The molecule has 1 aliphatic heterocycles. The first-order valence-corrected chi connectivity index (χ1v) is 5.75. The average molecular weight is 200 g/mol. The van der Waals surface area contributed by atoms with Gasteiger partial charge in [-0.25, -0.2) is 0 Å². The number of hydrogen-bond acceptors (Lipinski definition) is 3. The van der Waals surface area contributed by atoms with Gasteiger partial charge in [0.05, 0.1) is 6.61 Å². The summed E-state index contributed by atoms with van der Waals surface area (Å²) in [6.45, 7) is 8.25. The molecule has 0 aromatic carbocycles. The molecule has 1 rings (SSSR count). The van der Waals surface area contributed by atoms with Crippen molar-refractivity contribution in [2.24, 2.45) is 17.6 Å². The largest absolute Gasteiger partial charge is 0.381 e. The monoisotopic (exact) mass is 200 g/mol. The zero-order valence-corrected chi connectivity index (χ0v) is 9.46. The van der Waals surface area contributed by atoms with Crippen LogP contribution in [-0.4, -0.2) is 32.3 Å². The van der Waals surface area contributed by atoms with Gasteiger partial charge in [-0.15, -0.1) is 0 Å². The van der Waals surface area contributed by atoms with E-state index in [1.165, 1.54) is 6.42 Å². The number of rotatable bonds is 6. The van der Waals surface area contributed by atoms with Gasteiger partial charge in [0.15, 0.2) is 0 Å². The third-order valence-corrected chi connectivity index (χ3v) is 3.12. The third-order valence-electron chi connectivity index (χ3n) is 3.12. The number of hydrogen-bond donors (Lipinski definition) is 2. The molecule has 3 heteroatoms. The summed E-state index contributed by atoms with van der Waals surface area (Å²) in [5.74, 6) is 1.39. The second-order valence-corrected chi connectivity index (χ2v) is 4.50. The van der Waals surface area contributed by atoms with Crippen LogP contribution in [0.15, 0.2) is 0 Å². The molecule has 0 amide bonds. The number of nitrogens with two attached hydrogens (primary N) is 1. The molecule has 1 aliphatic rings. The van der Waals surface area contributed by atoms with Crippen molar-refractivity contribution in [2.75, 3.05) is 26.3 Å². The SMILES string of the molecule is CC(CCN)CNC(C)C1CCOC1. The van der Waals surface area contributed by atoms with Crippen molar-refractivity contribution in [1.29, 1.82) is 0 Å². The second-order valence-electron chi connectivity index (χ2n) is 4.50. The molecule has 0 aromatic heterocycles. The fourth-order valence-corrected chi connectivity index (χ4v) is 1.89. The van der Waals surface area contributed by atoms with Gasteiger partial charge in [-0.1, -0.05) is 6.92 Å². The summed E-state index contributed by atoms with van der Waals surface area (Å²) < 4.78 is 5.37. The second kappa shape index (κ2) is 6.38. The fourth-order valence-electron chi connectivity index (χ4n) is 1.89. The van der Waals surface area contributed by atoms with Gasteiger partial charge in [0, 0.05) is 12.6 Å². The lowest BCUT2D eigenvalue weighted by atomic mass is 9.99. The maximum atomic E-state index is 5.51. The molecule has 0 saturated carbocycles. The van der Waals surface area contributed by atoms with Crippen LogP contribution in [0.4, 0.5) is 0 Å². The molecule has 1 heterocycles. The first-order valence-electron chi connectivity index (χ1n) is 5.75. The lowest BCUT2D eigenvalue weighted by Gasteiger charge is -2.21. The van der Waals surface area contributed by atoms with Gasteiger partial charge in [0.25, 0.3) is 0 Å². The Kier molecular flexibility index (Phi) is 5.45. The highest BCUT2D eigenvalue weighted by atomic mass is 16.5. The molecule has 0 spiro atoms. The first-order chi connectivity index (χ1) is 6.74. The Labute approximate surface area is 87.4 Å². The van der Waals surface area contributed by atoms with Crippen molar-refractivity contribution in [1.82, 2.24) is 5.32 Å². The van der Waals surface area contributed by atoms with E-state index >= 15 is 0 Å². The maximum absolute atomic E-state index is 5.51. The van der Waals surface area contributed by atoms with Gasteiger partial charge in [-0.05, 0) is 44.7 Å². The van der Waals surface area contributed by atoms with Crippen molar-refractivity contribution in [3.05, 3.63) is 0 Å². The lowest BCUT2D eigenvalue weighted by molar-refractivity contribution is 0.177. The molecule has 0 radical (unpaired) electrons. The van der Waals surface area contributed by atoms with Gasteiger partial charge >= 0.3 is 0 Å². The maximum Gasteiger partial charge on any atom is 0.0509 e. The van der Waals surface area contributed by atoms with E-state index < -0.39 is 0 Å². The van der Waals surface area contributed by atoms with Crippen LogP contribution in [0.3, 0.4) is 0 Å². The summed E-state index contributed by atoms with van der Waals surface area (Å²) in [7, 11) is 0. The summed E-state index contributed by atoms with van der Waals surface area (Å²) >= 11 is 0. The molecule has 3 N–H and O–H groups in total. The standard InChI is InChI=1S/C11H24N2O/c1-9(3-5-12)7-13-10(2)11-4-6-14-8-11/h9-11,13H,3-8,12H2,1-2H3. The molecule has 0 aromatic rings. The van der Waals surface area contributed by atoms with Crippen molar-refractivity contribution >= 4 is 0 Å². The summed E-state index contributed by atoms with van der Waals surface area (Å²) in [5, 5.41) is 3.57. The zero-order valence-electron chi connectivity index (χ0n) is 9.46. The Morgan fingerprint density at radius 1 is 1.50 bits per heavy atom. The Bertz CT molecular complexity index is 146. The van der Waals surface area contributed by atoms with Gasteiger partial charge in [-0.3, -0.25) is 0 Å². The Balaban J connectivity index is 2.10. The molecule has 1 fully saturated rings. The van der Waals surface area contributed by atoms with E-state index in [4.69, 9.17) is 10.5 Å². The van der Waals surface area contributed by atoms with Crippen LogP contribution in [-0.2, 0) is 4.74 Å². The molecule has 3 unspecified atom stereocenters. The van der Waals surface area contributed by atoms with Crippen LogP contribution >= 0.6 is 0 Å². The van der Waals surface area contributed by atoms with Crippen LogP contribution in [0.25, 0.3) is 0 Å². The average Bonchev–Trinajstić information content (AvgIpc) is 2.67. The van der Waals surface area contributed by atoms with E-state index in [1.807, 2.05) is 0 Å². The highest BCUT2D eigenvalue weighted by Crippen LogP contribution is 2.16. The van der Waals surface area contributed by atoms with E-state index in [0.29, 0.717) is 17.9 Å². The van der Waals surface area contributed by atoms with Gasteiger partial charge in [0.1, 0.15) is 0 Å². The van der Waals surface area contributed by atoms with Crippen molar-refractivity contribution in [2.45, 2.75) is 32.7 Å². The van der Waals surface area contributed by atoms with Crippen molar-refractivity contribution in [3.63, 3.8) is 0 Å². The Hall–Kier alpha value is -0.120. The fraction of sp³-hybridized carbons (Fsp3) is 1.00. The molecular weight excluding hydrogens is 176 g/mol. The predicted molar refractivity (Wildman–Crippen MR) is 59.2 cm³/mol. The normalized spacial score (nSPS) is 26.4. The molecule has 1 saturated heterocycles. The smallest absolute Gasteiger partial charge is 0.0509 e. The summed E-state index contributed by atoms with van der Waals surface area (Å²) in [6, 6.07) is 0.581. The molecule has 0 bridgehead atoms. The minimum absolute atomic E-state index is 0.581. The number of ether oxygens (including phenoxy) is 1. The highest BCUT2D eigenvalue weighted by Gasteiger charge is 2.21. The van der Waals surface area contributed by atoms with E-state index in [0.717, 1.165) is 32.7 Å². The Morgan fingerprint density at radius 3 is 2.86 bits per heavy atom. The molecular formula is C11H24N2O. The van der Waals surface area contributed by atoms with E-state index in [1.54, 1.807) is 0 Å². The van der Waals surface area contributed by atoms with E-state index in [-0.39, 0.29) is 0 Å². The third kappa shape index (κ3) is 3.95. The van der Waals surface area contributed by atoms with Crippen LogP contribution in [0, 0.1) is 11.8 Å². The van der Waals surface area contributed by atoms with Gasteiger partial charge in [0.2, 0.25) is 0 Å². The van der Waals surface area contributed by atoms with Crippen LogP contribution in [0.2, 0.25) is 0 Å². The topological polar surface area (TPSA) is 47.3 Å². The first kappa shape index (κ1) is 12.0. The van der Waals surface area contributed by atoms with Crippen LogP contribution in [0.1, 0.15) is 26.7 Å². The summed E-state index contributed by atoms with van der Waals surface area (Å²) in [6.07, 6.45) is 2.32. The quantitative estimate of drug-likeness (QED) is 0.672. The Morgan fingerprint density at radius 2 is 2.29 bits per heavy atom. The van der Waals surface area contributed by atoms with Crippen molar-refractivity contribution < 1.29 is 4.74 Å². The van der Waals surface area contributed by atoms with E-state index in [2.05, 4.69) is 19.2 Å². The molecule has 84 valence electrons. The molecule has 0 aliphatic carbocycles. The number of nitrogens with one attached hydrogen (secondary N) is 1. The lowest BCUT2D eigenvalue weighted by Crippen LogP contribution is -2.36. The zero-order chi connectivity index (χ0) is 10.4. The summed E-state index contributed by atoms with van der Waals surface area (Å²) in [4.78, 5) is 0. The van der Waals surface area contributed by atoms with Crippen molar-refractivity contribution in [3.8, 4) is 0 Å². The molecule has 3 nitrogen and oxygen atoms in total. The van der Waals surface area contributed by atoms with Crippen LogP contribution < -0.4 is 11.1 Å². The van der Waals surface area contributed by atoms with Gasteiger partial charge in [-0.2, -0.15) is 0 Å². The van der Waals surface area contributed by atoms with E-state index in [9.17, 15) is 0 Å². The summed E-state index contributed by atoms with van der Waals surface area (Å²) in [5.41, 5.74) is 5.51. The highest BCUT2D eigenvalue weighted by molar-refractivity contribution is 4.76. The minimum Gasteiger partial charge on any atom is -0.381 e. The van der Waals surface area contributed by atoms with Crippen LogP contribution in [0.5, 0.6) is 0 Å².